The quantitative estimate of drug-likeness (QED) is 0.0245. The Morgan fingerprint density at radius 1 is 0.492 bits per heavy atom. The number of rotatable bonds is 49. The Labute approximate surface area is 391 Å². The van der Waals surface area contributed by atoms with E-state index in [0.717, 1.165) is 89.9 Å². The zero-order chi connectivity index (χ0) is 45.9. The Kier molecular flexibility index (Phi) is 49.1. The molecule has 0 heterocycles. The third kappa shape index (κ3) is 46.2. The van der Waals surface area contributed by atoms with E-state index in [-0.39, 0.29) is 24.9 Å². The van der Waals surface area contributed by atoms with E-state index >= 15 is 0 Å². The molecule has 0 aromatic rings. The molecule has 0 aromatic heterocycles. The summed E-state index contributed by atoms with van der Waals surface area (Å²) in [6.07, 6.45) is 61.8. The van der Waals surface area contributed by atoms with Crippen LogP contribution in [0.3, 0.4) is 0 Å². The lowest BCUT2D eigenvalue weighted by Gasteiger charge is -2.24. The minimum atomic E-state index is -0.796. The summed E-state index contributed by atoms with van der Waals surface area (Å²) in [5.41, 5.74) is 0. The number of aliphatic hydroxyl groups excluding tert-OH is 2. The van der Waals surface area contributed by atoms with Gasteiger partial charge in [0, 0.05) is 6.42 Å². The van der Waals surface area contributed by atoms with Gasteiger partial charge in [0.05, 0.1) is 25.2 Å². The number of nitrogens with one attached hydrogen (secondary N) is 1. The van der Waals surface area contributed by atoms with Gasteiger partial charge in [-0.15, -0.1) is 0 Å². The first-order valence-corrected chi connectivity index (χ1v) is 27.4. The lowest BCUT2D eigenvalue weighted by atomic mass is 10.0. The fourth-order valence-corrected chi connectivity index (χ4v) is 8.28. The van der Waals surface area contributed by atoms with E-state index in [2.05, 4.69) is 74.7 Å². The molecule has 0 rings (SSSR count). The van der Waals surface area contributed by atoms with Crippen molar-refractivity contribution in [2.45, 2.75) is 296 Å². The van der Waals surface area contributed by atoms with Crippen LogP contribution in [-0.4, -0.2) is 46.9 Å². The number of carbonyl (C=O) groups excluding carboxylic acids is 2. The van der Waals surface area contributed by atoms with Gasteiger partial charge in [0.2, 0.25) is 5.91 Å². The molecule has 0 aliphatic heterocycles. The standard InChI is InChI=1S/C57H105NO5/c1-4-7-10-13-16-19-22-25-27-29-31-34-37-40-43-46-49-55(60)54(52-59)58-56(61)51-53(48-45-42-39-36-33-24-21-18-15-12-9-6-3)63-57(62)50-47-44-41-38-35-32-30-28-26-23-20-17-14-11-8-5-2/h9,12,18,21,28,30,32,35,53-55,59-60H,4-8,10-11,13-17,19-20,22-27,29,31,33-34,36-52H2,1-3H3,(H,58,61)/b12-9+,21-18+,30-28+,35-32+. The molecule has 6 heteroatoms. The summed E-state index contributed by atoms with van der Waals surface area (Å²) in [4.78, 5) is 26.2. The van der Waals surface area contributed by atoms with Crippen molar-refractivity contribution in [3.63, 3.8) is 0 Å². The van der Waals surface area contributed by atoms with Gasteiger partial charge in [0.15, 0.2) is 0 Å². The Morgan fingerprint density at radius 2 is 0.905 bits per heavy atom. The first-order valence-electron chi connectivity index (χ1n) is 27.4. The second-order valence-electron chi connectivity index (χ2n) is 18.6. The zero-order valence-corrected chi connectivity index (χ0v) is 42.0. The number of unbranched alkanes of at least 4 members (excludes halogenated alkanes) is 30. The lowest BCUT2D eigenvalue weighted by molar-refractivity contribution is -0.151. The van der Waals surface area contributed by atoms with E-state index in [4.69, 9.17) is 4.74 Å². The molecule has 368 valence electrons. The predicted molar refractivity (Wildman–Crippen MR) is 273 cm³/mol. The van der Waals surface area contributed by atoms with Crippen molar-refractivity contribution in [2.75, 3.05) is 6.61 Å². The Hall–Kier alpha value is -2.18. The summed E-state index contributed by atoms with van der Waals surface area (Å²) in [7, 11) is 0. The summed E-state index contributed by atoms with van der Waals surface area (Å²) in [6, 6.07) is -0.712. The predicted octanol–water partition coefficient (Wildman–Crippen LogP) is 16.6. The van der Waals surface area contributed by atoms with Crippen LogP contribution in [0.15, 0.2) is 48.6 Å². The van der Waals surface area contributed by atoms with Crippen molar-refractivity contribution in [3.05, 3.63) is 48.6 Å². The number of allylic oxidation sites excluding steroid dienone is 8. The first kappa shape index (κ1) is 60.8. The number of amides is 1. The number of hydrogen-bond acceptors (Lipinski definition) is 5. The van der Waals surface area contributed by atoms with Gasteiger partial charge in [-0.25, -0.2) is 0 Å². The Morgan fingerprint density at radius 3 is 1.38 bits per heavy atom. The SMILES string of the molecule is CC/C=C/C/C=C/CCCCCCCC(CC(=O)NC(CO)C(O)CCCCCCCCCCCCCCCCCC)OC(=O)CCCCC/C=C/C=C/CCCCCCCCC. The molecule has 0 aromatic carbocycles. The molecule has 0 saturated heterocycles. The number of esters is 1. The summed E-state index contributed by atoms with van der Waals surface area (Å²) in [6.45, 7) is 6.38. The molecule has 0 spiro atoms. The highest BCUT2D eigenvalue weighted by Gasteiger charge is 2.24. The maximum absolute atomic E-state index is 13.2. The van der Waals surface area contributed by atoms with E-state index in [1.54, 1.807) is 0 Å². The van der Waals surface area contributed by atoms with Gasteiger partial charge < -0.3 is 20.3 Å². The van der Waals surface area contributed by atoms with Crippen molar-refractivity contribution >= 4 is 11.9 Å². The zero-order valence-electron chi connectivity index (χ0n) is 42.0. The highest BCUT2D eigenvalue weighted by molar-refractivity contribution is 5.77. The van der Waals surface area contributed by atoms with Crippen LogP contribution in [0.25, 0.3) is 0 Å². The average molecular weight is 884 g/mol. The van der Waals surface area contributed by atoms with Gasteiger partial charge >= 0.3 is 5.97 Å². The normalized spacial score (nSPS) is 13.5. The molecule has 0 aliphatic carbocycles. The molecule has 0 saturated carbocycles. The van der Waals surface area contributed by atoms with Crippen LogP contribution in [-0.2, 0) is 14.3 Å². The van der Waals surface area contributed by atoms with Crippen LogP contribution < -0.4 is 5.32 Å². The molecule has 3 atom stereocenters. The molecule has 0 aliphatic rings. The topological polar surface area (TPSA) is 95.9 Å². The third-order valence-electron chi connectivity index (χ3n) is 12.4. The molecule has 3 unspecified atom stereocenters. The van der Waals surface area contributed by atoms with Crippen LogP contribution in [0.5, 0.6) is 0 Å². The summed E-state index contributed by atoms with van der Waals surface area (Å²) in [5.74, 6) is -0.513. The van der Waals surface area contributed by atoms with E-state index in [1.807, 2.05) is 0 Å². The minimum Gasteiger partial charge on any atom is -0.462 e. The third-order valence-corrected chi connectivity index (χ3v) is 12.4. The Bertz CT molecular complexity index is 1080. The van der Waals surface area contributed by atoms with Crippen LogP contribution in [0.4, 0.5) is 0 Å². The monoisotopic (exact) mass is 884 g/mol. The lowest BCUT2D eigenvalue weighted by Crippen LogP contribution is -2.46. The van der Waals surface area contributed by atoms with Crippen molar-refractivity contribution < 1.29 is 24.5 Å². The fourth-order valence-electron chi connectivity index (χ4n) is 8.28. The maximum Gasteiger partial charge on any atom is 0.306 e. The van der Waals surface area contributed by atoms with Gasteiger partial charge in [-0.3, -0.25) is 9.59 Å². The summed E-state index contributed by atoms with van der Waals surface area (Å²) >= 11 is 0. The number of hydrogen-bond donors (Lipinski definition) is 3. The van der Waals surface area contributed by atoms with Crippen molar-refractivity contribution in [3.8, 4) is 0 Å². The molecule has 1 amide bonds. The Balaban J connectivity index is 4.55. The second-order valence-corrected chi connectivity index (χ2v) is 18.6. The molecule has 6 nitrogen and oxygen atoms in total. The van der Waals surface area contributed by atoms with Gasteiger partial charge in [0.25, 0.3) is 0 Å². The molecule has 0 radical (unpaired) electrons. The average Bonchev–Trinajstić information content (AvgIpc) is 3.28. The van der Waals surface area contributed by atoms with Gasteiger partial charge in [-0.2, -0.15) is 0 Å². The largest absolute Gasteiger partial charge is 0.462 e. The molecule has 0 bridgehead atoms. The highest BCUT2D eigenvalue weighted by atomic mass is 16.5. The van der Waals surface area contributed by atoms with Crippen molar-refractivity contribution in [1.29, 1.82) is 0 Å². The summed E-state index contributed by atoms with van der Waals surface area (Å²) in [5, 5.41) is 23.8. The van der Waals surface area contributed by atoms with Crippen LogP contribution in [0, 0.1) is 0 Å². The smallest absolute Gasteiger partial charge is 0.306 e. The summed E-state index contributed by atoms with van der Waals surface area (Å²) < 4.78 is 5.92. The maximum atomic E-state index is 13.2. The molecular formula is C57H105NO5. The van der Waals surface area contributed by atoms with Crippen molar-refractivity contribution in [2.24, 2.45) is 0 Å². The number of aliphatic hydroxyl groups is 2. The van der Waals surface area contributed by atoms with Gasteiger partial charge in [-0.05, 0) is 77.0 Å². The molecule has 63 heavy (non-hydrogen) atoms. The molecular weight excluding hydrogens is 779 g/mol. The van der Waals surface area contributed by atoms with E-state index in [9.17, 15) is 19.8 Å². The molecule has 0 fully saturated rings. The van der Waals surface area contributed by atoms with E-state index < -0.39 is 18.2 Å². The first-order chi connectivity index (χ1) is 31.0. The minimum absolute atomic E-state index is 0.0581. The van der Waals surface area contributed by atoms with Crippen molar-refractivity contribution in [1.82, 2.24) is 5.32 Å². The number of carbonyl (C=O) groups is 2. The van der Waals surface area contributed by atoms with Gasteiger partial charge in [0.1, 0.15) is 6.10 Å². The van der Waals surface area contributed by atoms with Crippen LogP contribution in [0.2, 0.25) is 0 Å². The van der Waals surface area contributed by atoms with Crippen LogP contribution >= 0.6 is 0 Å². The highest BCUT2D eigenvalue weighted by Crippen LogP contribution is 2.18. The van der Waals surface area contributed by atoms with Crippen LogP contribution in [0.1, 0.15) is 278 Å². The molecule has 3 N–H and O–H groups in total. The number of ether oxygens (including phenoxy) is 1. The second kappa shape index (κ2) is 50.8. The fraction of sp³-hybridized carbons (Fsp3) is 0.825. The van der Waals surface area contributed by atoms with Gasteiger partial charge in [-0.1, -0.05) is 236 Å². The van der Waals surface area contributed by atoms with E-state index in [1.165, 1.54) is 141 Å². The van der Waals surface area contributed by atoms with E-state index in [0.29, 0.717) is 19.3 Å².